The molecular formula is C15H28N2O10. The van der Waals surface area contributed by atoms with E-state index in [4.69, 9.17) is 33.5 Å². The maximum Gasteiger partial charge on any atom is 0.407 e. The summed E-state index contributed by atoms with van der Waals surface area (Å²) < 4.78 is 29.3. The number of alkyl carbamates (subject to hydrolysis) is 2. The van der Waals surface area contributed by atoms with E-state index in [9.17, 15) is 14.4 Å². The third-order valence-corrected chi connectivity index (χ3v) is 2.83. The number of carbonyl (C=O) groups is 3. The highest BCUT2D eigenvalue weighted by atomic mass is 16.6. The normalized spacial score (nSPS) is 11.5. The van der Waals surface area contributed by atoms with Crippen molar-refractivity contribution in [2.75, 3.05) is 73.6 Å². The van der Waals surface area contributed by atoms with Crippen LogP contribution in [0.5, 0.6) is 0 Å². The van der Waals surface area contributed by atoms with E-state index in [1.807, 2.05) is 0 Å². The van der Waals surface area contributed by atoms with Crippen LogP contribution in [0.3, 0.4) is 0 Å². The van der Waals surface area contributed by atoms with Gasteiger partial charge in [-0.25, -0.2) is 14.4 Å². The Morgan fingerprint density at radius 3 is 1.74 bits per heavy atom. The molecule has 12 nitrogen and oxygen atoms in total. The van der Waals surface area contributed by atoms with E-state index in [1.165, 1.54) is 14.2 Å². The Morgan fingerprint density at radius 2 is 1.26 bits per heavy atom. The molecule has 0 heterocycles. The Bertz CT molecular complexity index is 421. The molecule has 0 aromatic heterocycles. The van der Waals surface area contributed by atoms with Gasteiger partial charge in [0, 0.05) is 14.2 Å². The number of aliphatic carboxylic acids is 1. The molecule has 0 fully saturated rings. The van der Waals surface area contributed by atoms with Crippen molar-refractivity contribution < 1.29 is 47.9 Å². The lowest BCUT2D eigenvalue weighted by Gasteiger charge is -2.15. The van der Waals surface area contributed by atoms with Crippen LogP contribution in [0, 0.1) is 0 Å². The van der Waals surface area contributed by atoms with Crippen LogP contribution in [0.4, 0.5) is 9.59 Å². The fourth-order valence-corrected chi connectivity index (χ4v) is 1.50. The second kappa shape index (κ2) is 17.3. The Kier molecular flexibility index (Phi) is 15.9. The van der Waals surface area contributed by atoms with Crippen molar-refractivity contribution >= 4 is 18.2 Å². The van der Waals surface area contributed by atoms with Gasteiger partial charge in [0.15, 0.2) is 0 Å². The first-order valence-corrected chi connectivity index (χ1v) is 8.21. The van der Waals surface area contributed by atoms with Crippen molar-refractivity contribution in [1.82, 2.24) is 10.6 Å². The first kappa shape index (κ1) is 24.8. The number of amides is 2. The minimum Gasteiger partial charge on any atom is -0.480 e. The standard InChI is InChI=1S/C15H28N2O10/c1-22-3-5-24-7-9-26-14(20)16-11-12(13(18)19)17-15(21)27-10-8-25-6-4-23-2/h12H,3-11H2,1-2H3,(H,16,20)(H,17,21)(H,18,19). The number of ether oxygens (including phenoxy) is 6. The first-order chi connectivity index (χ1) is 13.0. The number of carboxylic acid groups (broad SMARTS) is 1. The maximum absolute atomic E-state index is 11.5. The number of hydrogen-bond donors (Lipinski definition) is 3. The van der Waals surface area contributed by atoms with Crippen LogP contribution in [-0.2, 0) is 33.2 Å². The van der Waals surface area contributed by atoms with E-state index in [2.05, 4.69) is 10.6 Å². The molecule has 0 aliphatic heterocycles. The van der Waals surface area contributed by atoms with Crippen LogP contribution in [-0.4, -0.2) is 103 Å². The van der Waals surface area contributed by atoms with Crippen molar-refractivity contribution in [1.29, 1.82) is 0 Å². The molecule has 0 rings (SSSR count). The van der Waals surface area contributed by atoms with Crippen molar-refractivity contribution in [2.45, 2.75) is 6.04 Å². The minimum atomic E-state index is -1.38. The summed E-state index contributed by atoms with van der Waals surface area (Å²) in [7, 11) is 3.06. The average molecular weight is 396 g/mol. The molecule has 0 radical (unpaired) electrons. The van der Waals surface area contributed by atoms with Gasteiger partial charge >= 0.3 is 18.2 Å². The molecule has 0 aliphatic rings. The largest absolute Gasteiger partial charge is 0.480 e. The molecule has 3 N–H and O–H groups in total. The lowest BCUT2D eigenvalue weighted by Crippen LogP contribution is -2.48. The summed E-state index contributed by atoms with van der Waals surface area (Å²) in [4.78, 5) is 34.1. The first-order valence-electron chi connectivity index (χ1n) is 8.21. The van der Waals surface area contributed by atoms with Crippen LogP contribution < -0.4 is 10.6 Å². The summed E-state index contributed by atoms with van der Waals surface area (Å²) in [5, 5.41) is 13.4. The van der Waals surface area contributed by atoms with Gasteiger partial charge < -0.3 is 44.2 Å². The summed E-state index contributed by atoms with van der Waals surface area (Å²) >= 11 is 0. The second-order valence-electron chi connectivity index (χ2n) is 4.90. The zero-order valence-electron chi connectivity index (χ0n) is 15.6. The van der Waals surface area contributed by atoms with Gasteiger partial charge in [-0.15, -0.1) is 0 Å². The number of hydrogen-bond acceptors (Lipinski definition) is 9. The van der Waals surface area contributed by atoms with Gasteiger partial charge in [-0.1, -0.05) is 0 Å². The Labute approximate surface area is 157 Å². The van der Waals surface area contributed by atoms with Gasteiger partial charge in [0.1, 0.15) is 19.3 Å². The van der Waals surface area contributed by atoms with Gasteiger partial charge in [-0.05, 0) is 0 Å². The molecule has 12 heteroatoms. The van der Waals surface area contributed by atoms with E-state index in [-0.39, 0.29) is 33.0 Å². The fraction of sp³-hybridized carbons (Fsp3) is 0.800. The third kappa shape index (κ3) is 15.8. The van der Waals surface area contributed by atoms with E-state index in [0.29, 0.717) is 26.4 Å². The average Bonchev–Trinajstić information content (AvgIpc) is 2.64. The van der Waals surface area contributed by atoms with Crippen molar-refractivity contribution in [3.63, 3.8) is 0 Å². The Balaban J connectivity index is 3.90. The maximum atomic E-state index is 11.5. The molecule has 0 aromatic rings. The smallest absolute Gasteiger partial charge is 0.407 e. The van der Waals surface area contributed by atoms with Crippen molar-refractivity contribution in [2.24, 2.45) is 0 Å². The van der Waals surface area contributed by atoms with E-state index < -0.39 is 24.2 Å². The number of rotatable bonds is 16. The zero-order valence-corrected chi connectivity index (χ0v) is 15.6. The summed E-state index contributed by atoms with van der Waals surface area (Å²) in [5.41, 5.74) is 0. The molecule has 0 bridgehead atoms. The highest BCUT2D eigenvalue weighted by molar-refractivity contribution is 5.80. The van der Waals surface area contributed by atoms with E-state index in [0.717, 1.165) is 0 Å². The highest BCUT2D eigenvalue weighted by Gasteiger charge is 2.21. The SMILES string of the molecule is COCCOCCOC(=O)NCC(NC(=O)OCCOCCOC)C(=O)O. The van der Waals surface area contributed by atoms with Gasteiger partial charge in [-0.2, -0.15) is 0 Å². The zero-order chi connectivity index (χ0) is 20.3. The third-order valence-electron chi connectivity index (χ3n) is 2.83. The van der Waals surface area contributed by atoms with Gasteiger partial charge in [0.2, 0.25) is 0 Å². The van der Waals surface area contributed by atoms with Crippen LogP contribution >= 0.6 is 0 Å². The predicted molar refractivity (Wildman–Crippen MR) is 90.6 cm³/mol. The Hall–Kier alpha value is -2.15. The summed E-state index contributed by atoms with van der Waals surface area (Å²) in [6.07, 6.45) is -1.78. The second-order valence-corrected chi connectivity index (χ2v) is 4.90. The number of carboxylic acids is 1. The molecule has 0 saturated heterocycles. The van der Waals surface area contributed by atoms with Crippen molar-refractivity contribution in [3.05, 3.63) is 0 Å². The van der Waals surface area contributed by atoms with E-state index in [1.54, 1.807) is 0 Å². The van der Waals surface area contributed by atoms with Crippen LogP contribution in [0.1, 0.15) is 0 Å². The molecular weight excluding hydrogens is 368 g/mol. The quantitative estimate of drug-likeness (QED) is 0.283. The topological polar surface area (TPSA) is 151 Å². The molecule has 0 spiro atoms. The van der Waals surface area contributed by atoms with Crippen LogP contribution in [0.2, 0.25) is 0 Å². The fourth-order valence-electron chi connectivity index (χ4n) is 1.50. The molecule has 158 valence electrons. The lowest BCUT2D eigenvalue weighted by molar-refractivity contribution is -0.139. The molecule has 2 amide bonds. The molecule has 0 aliphatic carbocycles. The molecule has 0 aromatic carbocycles. The van der Waals surface area contributed by atoms with Crippen LogP contribution in [0.25, 0.3) is 0 Å². The van der Waals surface area contributed by atoms with Gasteiger partial charge in [-0.3, -0.25) is 0 Å². The summed E-state index contributed by atoms with van der Waals surface area (Å²) in [6, 6.07) is -1.38. The molecule has 1 unspecified atom stereocenters. The molecule has 0 saturated carbocycles. The molecule has 27 heavy (non-hydrogen) atoms. The van der Waals surface area contributed by atoms with Crippen molar-refractivity contribution in [3.8, 4) is 0 Å². The number of methoxy groups -OCH3 is 2. The molecule has 1 atom stereocenters. The van der Waals surface area contributed by atoms with E-state index >= 15 is 0 Å². The van der Waals surface area contributed by atoms with Gasteiger partial charge in [0.05, 0.1) is 46.2 Å². The number of carbonyl (C=O) groups excluding carboxylic acids is 2. The summed E-state index contributed by atoms with van der Waals surface area (Å²) in [6.45, 7) is 1.43. The Morgan fingerprint density at radius 1 is 0.778 bits per heavy atom. The number of nitrogens with one attached hydrogen (secondary N) is 2. The monoisotopic (exact) mass is 396 g/mol. The predicted octanol–water partition coefficient (Wildman–Crippen LogP) is -0.782. The highest BCUT2D eigenvalue weighted by Crippen LogP contribution is 1.89. The lowest BCUT2D eigenvalue weighted by atomic mass is 10.3. The van der Waals surface area contributed by atoms with Crippen LogP contribution in [0.15, 0.2) is 0 Å². The minimum absolute atomic E-state index is 0.00811. The summed E-state index contributed by atoms with van der Waals surface area (Å²) in [5.74, 6) is -1.34. The van der Waals surface area contributed by atoms with Gasteiger partial charge in [0.25, 0.3) is 0 Å².